The first-order valence-corrected chi connectivity index (χ1v) is 6.92. The minimum Gasteiger partial charge on any atom is -0.217 e. The fourth-order valence-corrected chi connectivity index (χ4v) is 3.08. The van der Waals surface area contributed by atoms with E-state index in [1.165, 1.54) is 0 Å². The predicted molar refractivity (Wildman–Crippen MR) is 77.1 cm³/mol. The summed E-state index contributed by atoms with van der Waals surface area (Å²) in [5, 5.41) is 7.70. The molecule has 0 fully saturated rings. The normalized spacial score (nSPS) is 11.4. The summed E-state index contributed by atoms with van der Waals surface area (Å²) in [7, 11) is 0. The van der Waals surface area contributed by atoms with Gasteiger partial charge in [-0.25, -0.2) is 9.67 Å². The third kappa shape index (κ3) is 1.63. The molecule has 4 rings (SSSR count). The highest BCUT2D eigenvalue weighted by Gasteiger charge is 2.12. The fraction of sp³-hybridized carbons (Fsp3) is 0. The molecule has 0 spiro atoms. The molecular formula is C13H7ClN4S. The van der Waals surface area contributed by atoms with Gasteiger partial charge in [0.15, 0.2) is 5.82 Å². The Morgan fingerprint density at radius 1 is 1.11 bits per heavy atom. The third-order valence-electron chi connectivity index (χ3n) is 2.94. The van der Waals surface area contributed by atoms with Crippen LogP contribution < -0.4 is 0 Å². The number of nitrogens with zero attached hydrogens (tertiary/aromatic N) is 4. The summed E-state index contributed by atoms with van der Waals surface area (Å²) in [5.74, 6) is 0.728. The molecule has 4 aromatic rings. The van der Waals surface area contributed by atoms with Gasteiger partial charge < -0.3 is 0 Å². The molecule has 6 heteroatoms. The van der Waals surface area contributed by atoms with Gasteiger partial charge in [-0.3, -0.25) is 0 Å². The molecule has 4 nitrogen and oxygen atoms in total. The molecule has 0 unspecified atom stereocenters. The number of fused-ring (bicyclic) bond motifs is 2. The van der Waals surface area contributed by atoms with Crippen molar-refractivity contribution in [3.05, 3.63) is 47.2 Å². The molecule has 0 aliphatic heterocycles. The maximum absolute atomic E-state index is 5.99. The molecule has 0 N–H and O–H groups in total. The predicted octanol–water partition coefficient (Wildman–Crippen LogP) is 3.68. The number of rotatable bonds is 1. The molecule has 0 atom stereocenters. The van der Waals surface area contributed by atoms with Crippen LogP contribution in [-0.2, 0) is 0 Å². The Morgan fingerprint density at radius 2 is 2.00 bits per heavy atom. The largest absolute Gasteiger partial charge is 0.225 e. The third-order valence-corrected chi connectivity index (χ3v) is 4.00. The van der Waals surface area contributed by atoms with E-state index in [0.29, 0.717) is 0 Å². The van der Waals surface area contributed by atoms with Gasteiger partial charge in [-0.2, -0.15) is 10.1 Å². The van der Waals surface area contributed by atoms with Gasteiger partial charge in [-0.15, -0.1) is 11.3 Å². The molecule has 92 valence electrons. The highest BCUT2D eigenvalue weighted by molar-refractivity contribution is 7.17. The van der Waals surface area contributed by atoms with Gasteiger partial charge in [-0.05, 0) is 29.1 Å². The van der Waals surface area contributed by atoms with E-state index in [2.05, 4.69) is 15.1 Å². The zero-order chi connectivity index (χ0) is 12.8. The Hall–Kier alpha value is -1.98. The zero-order valence-electron chi connectivity index (χ0n) is 9.62. The first kappa shape index (κ1) is 10.9. The minimum atomic E-state index is 0.237. The van der Waals surface area contributed by atoms with Crippen LogP contribution in [0, 0.1) is 0 Å². The molecule has 19 heavy (non-hydrogen) atoms. The molecule has 0 radical (unpaired) electrons. The summed E-state index contributed by atoms with van der Waals surface area (Å²) in [6.45, 7) is 0. The summed E-state index contributed by atoms with van der Waals surface area (Å²) in [6, 6.07) is 9.94. The number of thiophene rings is 1. The van der Waals surface area contributed by atoms with Crippen LogP contribution in [0.1, 0.15) is 0 Å². The van der Waals surface area contributed by atoms with E-state index in [-0.39, 0.29) is 5.28 Å². The Bertz CT molecular complexity index is 896. The summed E-state index contributed by atoms with van der Waals surface area (Å²) in [4.78, 5) is 8.54. The average molecular weight is 287 g/mol. The van der Waals surface area contributed by atoms with Gasteiger partial charge >= 0.3 is 0 Å². The van der Waals surface area contributed by atoms with Crippen LogP contribution in [-0.4, -0.2) is 19.7 Å². The monoisotopic (exact) mass is 286 g/mol. The van der Waals surface area contributed by atoms with Crippen LogP contribution in [0.3, 0.4) is 0 Å². The van der Waals surface area contributed by atoms with Crippen LogP contribution in [0.4, 0.5) is 0 Å². The Kier molecular flexibility index (Phi) is 2.30. The Labute approximate surface area is 117 Å². The van der Waals surface area contributed by atoms with Gasteiger partial charge in [0.25, 0.3) is 0 Å². The van der Waals surface area contributed by atoms with Crippen molar-refractivity contribution in [3.8, 4) is 5.82 Å². The van der Waals surface area contributed by atoms with E-state index in [9.17, 15) is 0 Å². The van der Waals surface area contributed by atoms with E-state index in [0.717, 1.165) is 26.9 Å². The highest BCUT2D eigenvalue weighted by Crippen LogP contribution is 2.28. The quantitative estimate of drug-likeness (QED) is 0.501. The highest BCUT2D eigenvalue weighted by atomic mass is 35.5. The lowest BCUT2D eigenvalue weighted by Gasteiger charge is -2.04. The van der Waals surface area contributed by atoms with E-state index in [1.54, 1.807) is 11.3 Å². The maximum Gasteiger partial charge on any atom is 0.225 e. The summed E-state index contributed by atoms with van der Waals surface area (Å²) in [6.07, 6.45) is 1.82. The van der Waals surface area contributed by atoms with E-state index < -0.39 is 0 Å². The van der Waals surface area contributed by atoms with Crippen molar-refractivity contribution in [2.45, 2.75) is 0 Å². The van der Waals surface area contributed by atoms with Crippen LogP contribution >= 0.6 is 22.9 Å². The topological polar surface area (TPSA) is 43.6 Å². The van der Waals surface area contributed by atoms with E-state index >= 15 is 0 Å². The summed E-state index contributed by atoms with van der Waals surface area (Å²) >= 11 is 7.58. The van der Waals surface area contributed by atoms with Gasteiger partial charge in [0, 0.05) is 5.39 Å². The number of para-hydroxylation sites is 1. The standard InChI is InChI=1S/C13H7ClN4S/c14-13-16-9-5-6-19-11(9)12(17-13)18-10-4-2-1-3-8(10)7-15-18/h1-7H. The first-order valence-electron chi connectivity index (χ1n) is 5.67. The van der Waals surface area contributed by atoms with Crippen molar-refractivity contribution in [2.75, 3.05) is 0 Å². The molecule has 0 amide bonds. The van der Waals surface area contributed by atoms with Gasteiger partial charge in [0.2, 0.25) is 5.28 Å². The number of halogens is 1. The van der Waals surface area contributed by atoms with Crippen molar-refractivity contribution >= 4 is 44.1 Å². The van der Waals surface area contributed by atoms with Crippen LogP contribution in [0.25, 0.3) is 26.9 Å². The zero-order valence-corrected chi connectivity index (χ0v) is 11.2. The fourth-order valence-electron chi connectivity index (χ4n) is 2.10. The van der Waals surface area contributed by atoms with Crippen LogP contribution in [0.15, 0.2) is 41.9 Å². The number of benzene rings is 1. The molecule has 3 heterocycles. The van der Waals surface area contributed by atoms with Crippen LogP contribution in [0.5, 0.6) is 0 Å². The number of hydrogen-bond acceptors (Lipinski definition) is 4. The van der Waals surface area contributed by atoms with Crippen molar-refractivity contribution < 1.29 is 0 Å². The van der Waals surface area contributed by atoms with E-state index in [4.69, 9.17) is 11.6 Å². The molecular weight excluding hydrogens is 280 g/mol. The second kappa shape index (κ2) is 4.01. The van der Waals surface area contributed by atoms with Gasteiger partial charge in [0.05, 0.1) is 21.9 Å². The molecule has 0 aliphatic carbocycles. The lowest BCUT2D eigenvalue weighted by molar-refractivity contribution is 0.880. The van der Waals surface area contributed by atoms with Crippen molar-refractivity contribution in [3.63, 3.8) is 0 Å². The molecule has 1 aromatic carbocycles. The smallest absolute Gasteiger partial charge is 0.217 e. The lowest BCUT2D eigenvalue weighted by atomic mass is 10.2. The summed E-state index contributed by atoms with van der Waals surface area (Å²) < 4.78 is 2.79. The van der Waals surface area contributed by atoms with E-state index in [1.807, 2.05) is 46.6 Å². The average Bonchev–Trinajstić information content (AvgIpc) is 3.03. The van der Waals surface area contributed by atoms with Crippen molar-refractivity contribution in [2.24, 2.45) is 0 Å². The second-order valence-corrected chi connectivity index (χ2v) is 5.32. The maximum atomic E-state index is 5.99. The molecule has 0 bridgehead atoms. The summed E-state index contributed by atoms with van der Waals surface area (Å²) in [5.41, 5.74) is 1.85. The lowest BCUT2D eigenvalue weighted by Crippen LogP contribution is -2.00. The van der Waals surface area contributed by atoms with Crippen molar-refractivity contribution in [1.82, 2.24) is 19.7 Å². The SMILES string of the molecule is Clc1nc(-n2ncc3ccccc32)c2sccc2n1. The Balaban J connectivity index is 2.11. The molecule has 0 saturated carbocycles. The van der Waals surface area contributed by atoms with Crippen molar-refractivity contribution in [1.29, 1.82) is 0 Å². The first-order chi connectivity index (χ1) is 9.33. The van der Waals surface area contributed by atoms with Gasteiger partial charge in [0.1, 0.15) is 0 Å². The second-order valence-electron chi connectivity index (χ2n) is 4.07. The van der Waals surface area contributed by atoms with Crippen LogP contribution in [0.2, 0.25) is 5.28 Å². The Morgan fingerprint density at radius 3 is 2.95 bits per heavy atom. The van der Waals surface area contributed by atoms with Gasteiger partial charge in [-0.1, -0.05) is 18.2 Å². The molecule has 3 aromatic heterocycles. The minimum absolute atomic E-state index is 0.237. The molecule has 0 aliphatic rings. The molecule has 0 saturated heterocycles. The number of aromatic nitrogens is 4. The number of hydrogen-bond donors (Lipinski definition) is 0.